The molecule has 1 amide bonds. The standard InChI is InChI=1S/C15H18N2O4/c1-9-14(11-5-3-4-6-12(11)17-9)15(20)16-8-10(21-2)7-13(18)19/h3-6,10,17H,7-8H2,1-2H3,(H,16,20)(H,18,19). The maximum Gasteiger partial charge on any atom is 0.306 e. The number of aromatic amines is 1. The molecule has 0 aliphatic carbocycles. The first-order valence-corrected chi connectivity index (χ1v) is 6.63. The second-order valence-corrected chi connectivity index (χ2v) is 4.84. The van der Waals surface area contributed by atoms with Crippen molar-refractivity contribution in [1.82, 2.24) is 10.3 Å². The van der Waals surface area contributed by atoms with Crippen LogP contribution in [0.4, 0.5) is 0 Å². The van der Waals surface area contributed by atoms with E-state index in [4.69, 9.17) is 9.84 Å². The smallest absolute Gasteiger partial charge is 0.306 e. The summed E-state index contributed by atoms with van der Waals surface area (Å²) in [6.45, 7) is 1.99. The van der Waals surface area contributed by atoms with Crippen LogP contribution in [0.15, 0.2) is 24.3 Å². The number of rotatable bonds is 6. The number of benzene rings is 1. The zero-order valence-electron chi connectivity index (χ0n) is 12.0. The van der Waals surface area contributed by atoms with Crippen molar-refractivity contribution in [3.05, 3.63) is 35.5 Å². The Labute approximate surface area is 122 Å². The minimum Gasteiger partial charge on any atom is -0.481 e. The number of carboxylic acid groups (broad SMARTS) is 1. The van der Waals surface area contributed by atoms with Crippen LogP contribution in [0.1, 0.15) is 22.5 Å². The molecule has 0 saturated heterocycles. The van der Waals surface area contributed by atoms with Gasteiger partial charge in [-0.05, 0) is 13.0 Å². The first-order valence-electron chi connectivity index (χ1n) is 6.63. The van der Waals surface area contributed by atoms with E-state index in [0.717, 1.165) is 16.6 Å². The van der Waals surface area contributed by atoms with Gasteiger partial charge in [0.05, 0.1) is 18.1 Å². The van der Waals surface area contributed by atoms with Crippen LogP contribution in [0.5, 0.6) is 0 Å². The Balaban J connectivity index is 2.12. The zero-order chi connectivity index (χ0) is 15.4. The van der Waals surface area contributed by atoms with Crippen molar-refractivity contribution in [3.63, 3.8) is 0 Å². The molecule has 2 rings (SSSR count). The summed E-state index contributed by atoms with van der Waals surface area (Å²) in [6.07, 6.45) is -0.694. The van der Waals surface area contributed by atoms with E-state index in [1.54, 1.807) is 0 Å². The van der Waals surface area contributed by atoms with Gasteiger partial charge in [0.15, 0.2) is 0 Å². The summed E-state index contributed by atoms with van der Waals surface area (Å²) in [5.41, 5.74) is 2.26. The van der Waals surface area contributed by atoms with Crippen LogP contribution >= 0.6 is 0 Å². The van der Waals surface area contributed by atoms with E-state index in [-0.39, 0.29) is 18.9 Å². The summed E-state index contributed by atoms with van der Waals surface area (Å²) in [7, 11) is 1.43. The molecule has 0 saturated carbocycles. The van der Waals surface area contributed by atoms with Crippen molar-refractivity contribution in [3.8, 4) is 0 Å². The van der Waals surface area contributed by atoms with Crippen LogP contribution in [0.3, 0.4) is 0 Å². The second kappa shape index (κ2) is 6.41. The number of carboxylic acids is 1. The number of ether oxygens (including phenoxy) is 1. The van der Waals surface area contributed by atoms with Crippen LogP contribution in [0.25, 0.3) is 10.9 Å². The molecular formula is C15H18N2O4. The molecule has 0 radical (unpaired) electrons. The van der Waals surface area contributed by atoms with Gasteiger partial charge in [-0.25, -0.2) is 0 Å². The van der Waals surface area contributed by atoms with Gasteiger partial charge in [0.2, 0.25) is 0 Å². The average molecular weight is 290 g/mol. The number of fused-ring (bicyclic) bond motifs is 1. The number of para-hydroxylation sites is 1. The Kier molecular flexibility index (Phi) is 4.59. The molecule has 21 heavy (non-hydrogen) atoms. The number of aromatic nitrogens is 1. The van der Waals surface area contributed by atoms with Crippen molar-refractivity contribution >= 4 is 22.8 Å². The normalized spacial score (nSPS) is 12.3. The zero-order valence-corrected chi connectivity index (χ0v) is 12.0. The number of hydrogen-bond donors (Lipinski definition) is 3. The van der Waals surface area contributed by atoms with Gasteiger partial charge >= 0.3 is 5.97 Å². The number of hydrogen-bond acceptors (Lipinski definition) is 3. The number of aryl methyl sites for hydroxylation is 1. The van der Waals surface area contributed by atoms with Crippen molar-refractivity contribution in [2.45, 2.75) is 19.4 Å². The molecule has 3 N–H and O–H groups in total. The maximum absolute atomic E-state index is 12.3. The van der Waals surface area contributed by atoms with Crippen molar-refractivity contribution in [1.29, 1.82) is 0 Å². The minimum absolute atomic E-state index is 0.149. The fraction of sp³-hybridized carbons (Fsp3) is 0.333. The summed E-state index contributed by atoms with van der Waals surface area (Å²) in [6, 6.07) is 7.54. The van der Waals surface area contributed by atoms with E-state index >= 15 is 0 Å². The predicted molar refractivity (Wildman–Crippen MR) is 78.4 cm³/mol. The summed E-state index contributed by atoms with van der Waals surface area (Å²) >= 11 is 0. The molecule has 2 aromatic rings. The van der Waals surface area contributed by atoms with Gasteiger partial charge in [-0.3, -0.25) is 9.59 Å². The van der Waals surface area contributed by atoms with Gasteiger partial charge < -0.3 is 20.1 Å². The van der Waals surface area contributed by atoms with Crippen molar-refractivity contribution in [2.75, 3.05) is 13.7 Å². The highest BCUT2D eigenvalue weighted by atomic mass is 16.5. The third kappa shape index (κ3) is 3.41. The minimum atomic E-state index is -0.959. The van der Waals surface area contributed by atoms with Gasteiger partial charge in [0.1, 0.15) is 0 Å². The molecule has 0 aliphatic rings. The van der Waals surface area contributed by atoms with Crippen LogP contribution in [0, 0.1) is 6.92 Å². The lowest BCUT2D eigenvalue weighted by molar-refractivity contribution is -0.139. The molecule has 0 aliphatic heterocycles. The highest BCUT2D eigenvalue weighted by Gasteiger charge is 2.18. The second-order valence-electron chi connectivity index (χ2n) is 4.84. The molecule has 1 unspecified atom stereocenters. The van der Waals surface area contributed by atoms with Gasteiger partial charge in [0.25, 0.3) is 5.91 Å². The molecule has 0 fully saturated rings. The first kappa shape index (κ1) is 15.1. The summed E-state index contributed by atoms with van der Waals surface area (Å²) in [4.78, 5) is 26.1. The fourth-order valence-corrected chi connectivity index (χ4v) is 2.30. The topological polar surface area (TPSA) is 91.4 Å². The van der Waals surface area contributed by atoms with Gasteiger partial charge in [-0.2, -0.15) is 0 Å². The Morgan fingerprint density at radius 2 is 2.10 bits per heavy atom. The van der Waals surface area contributed by atoms with Gasteiger partial charge in [0, 0.05) is 30.3 Å². The summed E-state index contributed by atoms with van der Waals surface area (Å²) < 4.78 is 5.04. The summed E-state index contributed by atoms with van der Waals surface area (Å²) in [5, 5.41) is 12.3. The number of H-pyrrole nitrogens is 1. The van der Waals surface area contributed by atoms with E-state index in [1.807, 2.05) is 31.2 Å². The molecule has 0 spiro atoms. The molecule has 6 nitrogen and oxygen atoms in total. The molecule has 1 atom stereocenters. The molecule has 1 heterocycles. The predicted octanol–water partition coefficient (Wildman–Crippen LogP) is 1.70. The summed E-state index contributed by atoms with van der Waals surface area (Å²) in [5.74, 6) is -1.20. The van der Waals surface area contributed by atoms with Gasteiger partial charge in [-0.15, -0.1) is 0 Å². The van der Waals surface area contributed by atoms with E-state index in [1.165, 1.54) is 7.11 Å². The lowest BCUT2D eigenvalue weighted by atomic mass is 10.1. The molecular weight excluding hydrogens is 272 g/mol. The van der Waals surface area contributed by atoms with E-state index in [2.05, 4.69) is 10.3 Å². The number of amides is 1. The number of nitrogens with one attached hydrogen (secondary N) is 2. The average Bonchev–Trinajstić information content (AvgIpc) is 2.78. The van der Waals surface area contributed by atoms with E-state index in [0.29, 0.717) is 5.56 Å². The Morgan fingerprint density at radius 1 is 1.38 bits per heavy atom. The number of carbonyl (C=O) groups excluding carboxylic acids is 1. The highest BCUT2D eigenvalue weighted by molar-refractivity contribution is 6.08. The highest BCUT2D eigenvalue weighted by Crippen LogP contribution is 2.21. The van der Waals surface area contributed by atoms with E-state index in [9.17, 15) is 9.59 Å². The van der Waals surface area contributed by atoms with Crippen LogP contribution in [-0.2, 0) is 9.53 Å². The quantitative estimate of drug-likeness (QED) is 0.755. The van der Waals surface area contributed by atoms with Crippen molar-refractivity contribution in [2.24, 2.45) is 0 Å². The molecule has 1 aromatic carbocycles. The molecule has 0 bridgehead atoms. The number of aliphatic carboxylic acids is 1. The molecule has 1 aromatic heterocycles. The SMILES string of the molecule is COC(CNC(=O)c1c(C)[nH]c2ccccc12)CC(=O)O. The van der Waals surface area contributed by atoms with Gasteiger partial charge in [-0.1, -0.05) is 18.2 Å². The van der Waals surface area contributed by atoms with Crippen LogP contribution in [-0.4, -0.2) is 41.7 Å². The van der Waals surface area contributed by atoms with Crippen LogP contribution < -0.4 is 5.32 Å². The largest absolute Gasteiger partial charge is 0.481 e. The Morgan fingerprint density at radius 3 is 2.76 bits per heavy atom. The fourth-order valence-electron chi connectivity index (χ4n) is 2.30. The Hall–Kier alpha value is -2.34. The Bertz CT molecular complexity index is 663. The first-order chi connectivity index (χ1) is 10.0. The molecule has 6 heteroatoms. The monoisotopic (exact) mass is 290 g/mol. The third-order valence-corrected chi connectivity index (χ3v) is 3.35. The van der Waals surface area contributed by atoms with Crippen molar-refractivity contribution < 1.29 is 19.4 Å². The lowest BCUT2D eigenvalue weighted by Crippen LogP contribution is -2.34. The van der Waals surface area contributed by atoms with E-state index < -0.39 is 12.1 Å². The molecule has 112 valence electrons. The van der Waals surface area contributed by atoms with Crippen LogP contribution in [0.2, 0.25) is 0 Å². The maximum atomic E-state index is 12.3. The number of carbonyl (C=O) groups is 2. The third-order valence-electron chi connectivity index (χ3n) is 3.35. The number of methoxy groups -OCH3 is 1. The lowest BCUT2D eigenvalue weighted by Gasteiger charge is -2.14.